The molecule has 2 aromatic heterocycles. The third-order valence-corrected chi connectivity index (χ3v) is 7.41. The lowest BCUT2D eigenvalue weighted by Crippen LogP contribution is -2.50. The molecule has 2 atom stereocenters. The number of aliphatic hydroxyl groups excluding tert-OH is 1. The van der Waals surface area contributed by atoms with E-state index in [4.69, 9.17) is 16.3 Å². The quantitative estimate of drug-likeness (QED) is 0.623. The highest BCUT2D eigenvalue weighted by Gasteiger charge is 2.35. The summed E-state index contributed by atoms with van der Waals surface area (Å²) in [6.45, 7) is 4.97. The fourth-order valence-electron chi connectivity index (χ4n) is 4.29. The van der Waals surface area contributed by atoms with Crippen LogP contribution in [0.2, 0.25) is 5.02 Å². The van der Waals surface area contributed by atoms with E-state index in [0.29, 0.717) is 31.0 Å². The first-order valence-electron chi connectivity index (χ1n) is 10.6. The van der Waals surface area contributed by atoms with Crippen LogP contribution >= 0.6 is 22.9 Å². The summed E-state index contributed by atoms with van der Waals surface area (Å²) in [6.07, 6.45) is 1.90. The number of nitrogens with zero attached hydrogens (tertiary/aromatic N) is 2. The molecule has 5 rings (SSSR count). The maximum absolute atomic E-state index is 13.0. The van der Waals surface area contributed by atoms with E-state index < -0.39 is 12.2 Å². The van der Waals surface area contributed by atoms with Crippen molar-refractivity contribution in [2.75, 3.05) is 26.2 Å². The molecule has 0 bridgehead atoms. The molecule has 2 aliphatic rings. The van der Waals surface area contributed by atoms with Gasteiger partial charge in [0.2, 0.25) is 0 Å². The molecule has 0 aliphatic carbocycles. The number of amides is 1. The average Bonchev–Trinajstić information content (AvgIpc) is 3.42. The fourth-order valence-corrected chi connectivity index (χ4v) is 5.74. The second-order valence-corrected chi connectivity index (χ2v) is 9.49. The van der Waals surface area contributed by atoms with Crippen LogP contribution in [-0.2, 0) is 11.2 Å². The Labute approximate surface area is 189 Å². The highest BCUT2D eigenvalue weighted by Crippen LogP contribution is 2.45. The van der Waals surface area contributed by atoms with Gasteiger partial charge < -0.3 is 20.1 Å². The van der Waals surface area contributed by atoms with Crippen LogP contribution in [-0.4, -0.2) is 53.2 Å². The number of fused-ring (bicyclic) bond motifs is 2. The zero-order chi connectivity index (χ0) is 21.5. The van der Waals surface area contributed by atoms with Crippen molar-refractivity contribution in [1.29, 1.82) is 0 Å². The van der Waals surface area contributed by atoms with Gasteiger partial charge in [0.05, 0.1) is 16.3 Å². The van der Waals surface area contributed by atoms with Crippen LogP contribution < -0.4 is 10.1 Å². The second kappa shape index (κ2) is 8.39. The fraction of sp³-hybridized carbons (Fsp3) is 0.391. The van der Waals surface area contributed by atoms with Gasteiger partial charge in [-0.25, -0.2) is 0 Å². The first-order chi connectivity index (χ1) is 15.0. The van der Waals surface area contributed by atoms with Crippen LogP contribution in [0.1, 0.15) is 29.9 Å². The normalized spacial score (nSPS) is 19.3. The minimum absolute atomic E-state index is 0.0316. The van der Waals surface area contributed by atoms with Gasteiger partial charge in [0.15, 0.2) is 6.10 Å². The molecule has 2 unspecified atom stereocenters. The van der Waals surface area contributed by atoms with Gasteiger partial charge in [-0.05, 0) is 30.7 Å². The number of carbonyl (C=O) groups excluding carboxylic acids is 1. The molecule has 8 heteroatoms. The lowest BCUT2D eigenvalue weighted by atomic mass is 10.0. The van der Waals surface area contributed by atoms with Gasteiger partial charge >= 0.3 is 0 Å². The van der Waals surface area contributed by atoms with Crippen LogP contribution in [0.25, 0.3) is 21.3 Å². The Morgan fingerprint density at radius 3 is 2.94 bits per heavy atom. The lowest BCUT2D eigenvalue weighted by Gasteiger charge is -2.29. The average molecular weight is 458 g/mol. The molecule has 3 aromatic rings. The van der Waals surface area contributed by atoms with Crippen LogP contribution in [0.5, 0.6) is 5.75 Å². The van der Waals surface area contributed by atoms with E-state index in [0.717, 1.165) is 50.6 Å². The standard InChI is InChI=1S/C23H24ClN3O3S/c1-2-18(28)20-12-17-22(31-20)15(3-4-26-17)16-11-14(24)9-13-10-19(30-21(13)16)23(29)27-7-5-25-6-8-27/h3-4,9,11-12,18-19,25,28H,2,5-8,10H2,1H3. The van der Waals surface area contributed by atoms with E-state index in [2.05, 4.69) is 10.3 Å². The van der Waals surface area contributed by atoms with E-state index in [1.54, 1.807) is 6.20 Å². The van der Waals surface area contributed by atoms with Crippen molar-refractivity contribution < 1.29 is 14.6 Å². The molecule has 1 saturated heterocycles. The highest BCUT2D eigenvalue weighted by atomic mass is 35.5. The minimum atomic E-state index is -0.525. The van der Waals surface area contributed by atoms with Crippen molar-refractivity contribution >= 4 is 39.1 Å². The SMILES string of the molecule is CCC(O)c1cc2nccc(-c3cc(Cl)cc4c3OC(C(=O)N3CCNCC3)C4)c2s1. The number of piperazine rings is 1. The van der Waals surface area contributed by atoms with Crippen molar-refractivity contribution in [2.45, 2.75) is 32.0 Å². The highest BCUT2D eigenvalue weighted by molar-refractivity contribution is 7.19. The number of hydrogen-bond donors (Lipinski definition) is 2. The van der Waals surface area contributed by atoms with Gasteiger partial charge in [0.25, 0.3) is 5.91 Å². The van der Waals surface area contributed by atoms with E-state index in [1.165, 1.54) is 11.3 Å². The number of halogens is 1. The number of nitrogens with one attached hydrogen (secondary N) is 1. The Hall–Kier alpha value is -2.19. The number of carbonyl (C=O) groups is 1. The summed E-state index contributed by atoms with van der Waals surface area (Å²) in [4.78, 5) is 20.3. The molecule has 162 valence electrons. The monoisotopic (exact) mass is 457 g/mol. The van der Waals surface area contributed by atoms with E-state index >= 15 is 0 Å². The number of rotatable bonds is 4. The molecule has 0 radical (unpaired) electrons. The Morgan fingerprint density at radius 1 is 1.35 bits per heavy atom. The summed E-state index contributed by atoms with van der Waals surface area (Å²) < 4.78 is 7.23. The van der Waals surface area contributed by atoms with Crippen LogP contribution in [0, 0.1) is 0 Å². The number of benzene rings is 1. The largest absolute Gasteiger partial charge is 0.479 e. The summed E-state index contributed by atoms with van der Waals surface area (Å²) in [5.41, 5.74) is 3.61. The van der Waals surface area contributed by atoms with Crippen LogP contribution in [0.4, 0.5) is 0 Å². The van der Waals surface area contributed by atoms with E-state index in [1.807, 2.05) is 36.1 Å². The van der Waals surface area contributed by atoms with Crippen molar-refractivity contribution in [3.05, 3.63) is 45.9 Å². The Balaban J connectivity index is 1.53. The molecule has 1 amide bonds. The van der Waals surface area contributed by atoms with Gasteiger partial charge in [-0.3, -0.25) is 9.78 Å². The predicted octanol–water partition coefficient (Wildman–Crippen LogP) is 3.80. The van der Waals surface area contributed by atoms with Gasteiger partial charge in [-0.2, -0.15) is 0 Å². The van der Waals surface area contributed by atoms with E-state index in [9.17, 15) is 9.90 Å². The molecule has 6 nitrogen and oxygen atoms in total. The maximum Gasteiger partial charge on any atom is 0.264 e. The Kier molecular flexibility index (Phi) is 5.60. The molecule has 31 heavy (non-hydrogen) atoms. The molecule has 0 saturated carbocycles. The Bertz CT molecular complexity index is 1140. The first kappa shape index (κ1) is 20.7. The molecule has 1 fully saturated rings. The maximum atomic E-state index is 13.0. The molecule has 0 spiro atoms. The lowest BCUT2D eigenvalue weighted by molar-refractivity contribution is -0.138. The Morgan fingerprint density at radius 2 is 2.16 bits per heavy atom. The first-order valence-corrected chi connectivity index (χ1v) is 11.8. The summed E-state index contributed by atoms with van der Waals surface area (Å²) in [5.74, 6) is 0.750. The van der Waals surface area contributed by atoms with Gasteiger partial charge in [-0.15, -0.1) is 11.3 Å². The third-order valence-electron chi connectivity index (χ3n) is 5.94. The van der Waals surface area contributed by atoms with Crippen molar-refractivity contribution in [2.24, 2.45) is 0 Å². The van der Waals surface area contributed by atoms with Crippen molar-refractivity contribution in [3.8, 4) is 16.9 Å². The van der Waals surface area contributed by atoms with Crippen LogP contribution in [0.3, 0.4) is 0 Å². The zero-order valence-electron chi connectivity index (χ0n) is 17.2. The summed E-state index contributed by atoms with van der Waals surface area (Å²) in [6, 6.07) is 7.68. The minimum Gasteiger partial charge on any atom is -0.479 e. The summed E-state index contributed by atoms with van der Waals surface area (Å²) in [7, 11) is 0. The second-order valence-electron chi connectivity index (χ2n) is 7.97. The van der Waals surface area contributed by atoms with Gasteiger partial charge in [0, 0.05) is 65.4 Å². The van der Waals surface area contributed by atoms with E-state index in [-0.39, 0.29) is 5.91 Å². The van der Waals surface area contributed by atoms with Gasteiger partial charge in [0.1, 0.15) is 5.75 Å². The molecule has 2 aliphatic heterocycles. The van der Waals surface area contributed by atoms with Crippen molar-refractivity contribution in [1.82, 2.24) is 15.2 Å². The molecule has 1 aromatic carbocycles. The number of aliphatic hydroxyl groups is 1. The topological polar surface area (TPSA) is 74.7 Å². The number of aromatic nitrogens is 1. The third kappa shape index (κ3) is 3.80. The molecule has 4 heterocycles. The number of ether oxygens (including phenoxy) is 1. The number of thiophene rings is 1. The van der Waals surface area contributed by atoms with Crippen LogP contribution in [0.15, 0.2) is 30.5 Å². The number of pyridine rings is 1. The number of hydrogen-bond acceptors (Lipinski definition) is 6. The smallest absolute Gasteiger partial charge is 0.264 e. The summed E-state index contributed by atoms with van der Waals surface area (Å²) >= 11 is 8.01. The zero-order valence-corrected chi connectivity index (χ0v) is 18.8. The molecule has 2 N–H and O–H groups in total. The summed E-state index contributed by atoms with van der Waals surface area (Å²) in [5, 5.41) is 14.2. The molecular weight excluding hydrogens is 434 g/mol. The molecular formula is C23H24ClN3O3S. The van der Waals surface area contributed by atoms with Gasteiger partial charge in [-0.1, -0.05) is 18.5 Å². The predicted molar refractivity (Wildman–Crippen MR) is 123 cm³/mol. The van der Waals surface area contributed by atoms with Crippen molar-refractivity contribution in [3.63, 3.8) is 0 Å².